The molecule has 0 saturated heterocycles. The van der Waals surface area contributed by atoms with Crippen LogP contribution in [0.15, 0.2) is 54.6 Å². The Morgan fingerprint density at radius 1 is 1.13 bits per heavy atom. The van der Waals surface area contributed by atoms with Gasteiger partial charge in [0.05, 0.1) is 35.7 Å². The summed E-state index contributed by atoms with van der Waals surface area (Å²) in [7, 11) is 1.28. The zero-order chi connectivity index (χ0) is 27.8. The minimum absolute atomic E-state index is 0.00225. The summed E-state index contributed by atoms with van der Waals surface area (Å²) in [4.78, 5) is 27.2. The summed E-state index contributed by atoms with van der Waals surface area (Å²) in [6.45, 7) is -1.79. The second-order valence-corrected chi connectivity index (χ2v) is 9.40. The number of carbonyl (C=O) groups is 2. The van der Waals surface area contributed by atoms with E-state index >= 15 is 0 Å². The summed E-state index contributed by atoms with van der Waals surface area (Å²) in [6, 6.07) is 11.5. The van der Waals surface area contributed by atoms with E-state index in [2.05, 4.69) is 5.32 Å². The standard InChI is InChI=1S/C26H21Cl2F3N2O5/c1-38-21-11-14(5-7-19(21)32-23(35)22-17(28)3-2-4-18(22)29)24(36)33-10-9-26(30,31)25(37,13-34)16-12-15(27)6-8-20(16)33/h2-8,11-12,34,37H,9-10,13H2,1H3,(H,32,35)/t25-/m0/s1. The van der Waals surface area contributed by atoms with Gasteiger partial charge >= 0.3 is 0 Å². The fraction of sp³-hybridized carbons (Fsp3) is 0.231. The first-order valence-corrected chi connectivity index (χ1v) is 12.0. The van der Waals surface area contributed by atoms with Crippen LogP contribution in [0.2, 0.25) is 10.0 Å². The van der Waals surface area contributed by atoms with Crippen LogP contribution in [-0.4, -0.2) is 48.2 Å². The number of fused-ring (bicyclic) bond motifs is 1. The Morgan fingerprint density at radius 3 is 2.53 bits per heavy atom. The molecule has 2 amide bonds. The van der Waals surface area contributed by atoms with Gasteiger partial charge in [-0.2, -0.15) is 0 Å². The number of alkyl halides is 2. The van der Waals surface area contributed by atoms with Gasteiger partial charge in [-0.1, -0.05) is 29.3 Å². The third-order valence-electron chi connectivity index (χ3n) is 6.31. The lowest BCUT2D eigenvalue weighted by Crippen LogP contribution is -2.48. The number of methoxy groups -OCH3 is 1. The lowest BCUT2D eigenvalue weighted by atomic mass is 9.86. The van der Waals surface area contributed by atoms with Crippen molar-refractivity contribution in [3.05, 3.63) is 87.2 Å². The minimum Gasteiger partial charge on any atom is -0.495 e. The number of carbonyl (C=O) groups excluding carboxylic acids is 2. The molecule has 1 aliphatic rings. The molecule has 4 rings (SSSR count). The van der Waals surface area contributed by atoms with Crippen molar-refractivity contribution in [2.45, 2.75) is 17.9 Å². The van der Waals surface area contributed by atoms with Gasteiger partial charge in [-0.3, -0.25) is 9.59 Å². The highest BCUT2D eigenvalue weighted by Crippen LogP contribution is 2.47. The number of hydrogen-bond donors (Lipinski definition) is 3. The minimum atomic E-state index is -3.78. The Balaban J connectivity index is 1.70. The fourth-order valence-corrected chi connectivity index (χ4v) is 4.67. The molecule has 7 nitrogen and oxygen atoms in total. The van der Waals surface area contributed by atoms with E-state index in [-0.39, 0.29) is 38.3 Å². The molecule has 0 saturated carbocycles. The van der Waals surface area contributed by atoms with E-state index < -0.39 is 54.3 Å². The molecule has 1 atom stereocenters. The van der Waals surface area contributed by atoms with Crippen molar-refractivity contribution in [1.82, 2.24) is 0 Å². The van der Waals surface area contributed by atoms with Crippen molar-refractivity contribution in [2.24, 2.45) is 0 Å². The van der Waals surface area contributed by atoms with Crippen LogP contribution in [0, 0.1) is 5.82 Å². The molecule has 0 radical (unpaired) electrons. The average molecular weight is 569 g/mol. The second-order valence-electron chi connectivity index (χ2n) is 8.56. The number of nitrogens with one attached hydrogen (secondary N) is 1. The van der Waals surface area contributed by atoms with Crippen molar-refractivity contribution in [2.75, 3.05) is 30.5 Å². The highest BCUT2D eigenvalue weighted by atomic mass is 35.5. The Labute approximate surface area is 225 Å². The first kappa shape index (κ1) is 27.7. The quantitative estimate of drug-likeness (QED) is 0.390. The zero-order valence-electron chi connectivity index (χ0n) is 19.8. The van der Waals surface area contributed by atoms with Crippen molar-refractivity contribution >= 4 is 46.4 Å². The number of nitrogens with zero attached hydrogens (tertiary/aromatic N) is 1. The van der Waals surface area contributed by atoms with Crippen LogP contribution in [0.3, 0.4) is 0 Å². The predicted molar refractivity (Wildman–Crippen MR) is 136 cm³/mol. The smallest absolute Gasteiger partial charge is 0.284 e. The molecule has 0 unspecified atom stereocenters. The number of ether oxygens (including phenoxy) is 1. The third kappa shape index (κ3) is 4.80. The monoisotopic (exact) mass is 568 g/mol. The van der Waals surface area contributed by atoms with Crippen LogP contribution in [0.25, 0.3) is 0 Å². The summed E-state index contributed by atoms with van der Waals surface area (Å²) < 4.78 is 49.4. The summed E-state index contributed by atoms with van der Waals surface area (Å²) in [5.41, 5.74) is -3.71. The number of amides is 2. The highest BCUT2D eigenvalue weighted by molar-refractivity contribution is 6.34. The Bertz CT molecular complexity index is 1400. The van der Waals surface area contributed by atoms with E-state index in [0.29, 0.717) is 0 Å². The first-order valence-electron chi connectivity index (χ1n) is 11.2. The molecular formula is C26H21Cl2F3N2O5. The molecule has 0 spiro atoms. The summed E-state index contributed by atoms with van der Waals surface area (Å²) in [5.74, 6) is -6.16. The van der Waals surface area contributed by atoms with Crippen LogP contribution < -0.4 is 15.0 Å². The molecule has 0 aromatic heterocycles. The number of aliphatic hydroxyl groups excluding tert-OH is 1. The van der Waals surface area contributed by atoms with Gasteiger partial charge in [-0.15, -0.1) is 0 Å². The lowest BCUT2D eigenvalue weighted by Gasteiger charge is -2.33. The van der Waals surface area contributed by atoms with Gasteiger partial charge in [0.25, 0.3) is 17.7 Å². The number of rotatable bonds is 5. The lowest BCUT2D eigenvalue weighted by molar-refractivity contribution is -0.205. The van der Waals surface area contributed by atoms with Crippen molar-refractivity contribution in [1.29, 1.82) is 0 Å². The second kappa shape index (κ2) is 10.5. The number of anilines is 2. The molecule has 38 heavy (non-hydrogen) atoms. The molecule has 1 aliphatic heterocycles. The van der Waals surface area contributed by atoms with Gasteiger partial charge in [-0.25, -0.2) is 13.2 Å². The third-order valence-corrected chi connectivity index (χ3v) is 6.86. The topological polar surface area (TPSA) is 99.1 Å². The SMILES string of the molecule is COc1cc(C(=O)N2CCC(F)(F)[C@](O)(CO)c3cc(Cl)ccc32)ccc1NC(=O)c1c(F)cccc1Cl. The summed E-state index contributed by atoms with van der Waals surface area (Å²) in [5, 5.41) is 22.9. The van der Waals surface area contributed by atoms with E-state index in [1.54, 1.807) is 0 Å². The number of halogens is 5. The molecule has 0 fully saturated rings. The maximum Gasteiger partial charge on any atom is 0.284 e. The molecule has 12 heteroatoms. The van der Waals surface area contributed by atoms with Crippen molar-refractivity contribution in [3.8, 4) is 5.75 Å². The van der Waals surface area contributed by atoms with Crippen molar-refractivity contribution < 1.29 is 37.7 Å². The van der Waals surface area contributed by atoms with E-state index in [1.807, 2.05) is 0 Å². The number of benzene rings is 3. The fourth-order valence-electron chi connectivity index (χ4n) is 4.25. The first-order chi connectivity index (χ1) is 17.9. The Morgan fingerprint density at radius 2 is 1.87 bits per heavy atom. The maximum absolute atomic E-state index is 15.0. The molecule has 0 bridgehead atoms. The highest BCUT2D eigenvalue weighted by Gasteiger charge is 2.56. The van der Waals surface area contributed by atoms with Gasteiger partial charge in [0, 0.05) is 29.1 Å². The van der Waals surface area contributed by atoms with Gasteiger partial charge in [0.15, 0.2) is 5.60 Å². The van der Waals surface area contributed by atoms with Gasteiger partial charge in [-0.05, 0) is 48.5 Å². The number of hydrogen-bond acceptors (Lipinski definition) is 5. The normalized spacial score (nSPS) is 18.4. The van der Waals surface area contributed by atoms with Crippen LogP contribution in [-0.2, 0) is 5.60 Å². The molecular weight excluding hydrogens is 548 g/mol. The molecule has 1 heterocycles. The van der Waals surface area contributed by atoms with Crippen LogP contribution >= 0.6 is 23.2 Å². The van der Waals surface area contributed by atoms with Gasteiger partial charge in [0.1, 0.15) is 11.6 Å². The molecule has 3 N–H and O–H groups in total. The molecule has 3 aromatic rings. The largest absolute Gasteiger partial charge is 0.495 e. The number of aliphatic hydroxyl groups is 2. The Hall–Kier alpha value is -3.31. The van der Waals surface area contributed by atoms with Crippen LogP contribution in [0.4, 0.5) is 24.5 Å². The van der Waals surface area contributed by atoms with Gasteiger partial charge in [0.2, 0.25) is 0 Å². The van der Waals surface area contributed by atoms with Crippen molar-refractivity contribution in [3.63, 3.8) is 0 Å². The predicted octanol–water partition coefficient (Wildman–Crippen LogP) is 5.26. The van der Waals surface area contributed by atoms with E-state index in [9.17, 15) is 33.0 Å². The van der Waals surface area contributed by atoms with E-state index in [0.717, 1.165) is 17.0 Å². The maximum atomic E-state index is 15.0. The van der Waals surface area contributed by atoms with Gasteiger partial charge < -0.3 is 25.2 Å². The summed E-state index contributed by atoms with van der Waals surface area (Å²) >= 11 is 11.9. The average Bonchev–Trinajstić information content (AvgIpc) is 2.96. The van der Waals surface area contributed by atoms with Crippen LogP contribution in [0.5, 0.6) is 5.75 Å². The summed E-state index contributed by atoms with van der Waals surface area (Å²) in [6.07, 6.45) is -0.948. The molecule has 0 aliphatic carbocycles. The Kier molecular flexibility index (Phi) is 7.62. The molecule has 200 valence electrons. The van der Waals surface area contributed by atoms with E-state index in [4.69, 9.17) is 27.9 Å². The van der Waals surface area contributed by atoms with Crippen LogP contribution in [0.1, 0.15) is 32.7 Å². The molecule has 3 aromatic carbocycles. The zero-order valence-corrected chi connectivity index (χ0v) is 21.3. The van der Waals surface area contributed by atoms with E-state index in [1.165, 1.54) is 49.6 Å².